The first kappa shape index (κ1) is 33.4. The molecule has 3 heterocycles. The van der Waals surface area contributed by atoms with Crippen LogP contribution in [-0.4, -0.2) is 63.2 Å². The molecule has 7 unspecified atom stereocenters. The molecule has 49 heavy (non-hydrogen) atoms. The van der Waals surface area contributed by atoms with E-state index in [-0.39, 0.29) is 70.5 Å². The van der Waals surface area contributed by atoms with Gasteiger partial charge < -0.3 is 24.9 Å². The summed E-state index contributed by atoms with van der Waals surface area (Å²) in [6.07, 6.45) is 0.892. The molecule has 2 bridgehead atoms. The number of benzene rings is 2. The third-order valence-corrected chi connectivity index (χ3v) is 12.9. The minimum absolute atomic E-state index is 0.0109. The zero-order valence-corrected chi connectivity index (χ0v) is 29.3. The van der Waals surface area contributed by atoms with Crippen molar-refractivity contribution in [3.63, 3.8) is 0 Å². The zero-order chi connectivity index (χ0) is 34.7. The number of hydrogen-bond donors (Lipinski definition) is 3. The Bertz CT molecular complexity index is 1890. The van der Waals surface area contributed by atoms with Gasteiger partial charge in [-0.1, -0.05) is 43.4 Å². The average molecular weight is 706 g/mol. The topological polar surface area (TPSA) is 155 Å². The molecule has 7 rings (SSSR count). The molecule has 1 aromatic heterocycles. The van der Waals surface area contributed by atoms with Crippen molar-refractivity contribution < 1.29 is 33.8 Å². The summed E-state index contributed by atoms with van der Waals surface area (Å²) in [5.74, 6) is -3.14. The number of ether oxygens (including phenoxy) is 2. The molecule has 258 valence electrons. The number of H-pyrrole nitrogens is 1. The van der Waals surface area contributed by atoms with E-state index in [1.54, 1.807) is 17.8 Å². The number of rotatable bonds is 11. The van der Waals surface area contributed by atoms with E-state index in [4.69, 9.17) is 9.47 Å². The van der Waals surface area contributed by atoms with Crippen molar-refractivity contribution in [3.8, 4) is 11.5 Å². The molecule has 1 saturated heterocycles. The number of aromatic nitrogens is 1. The van der Waals surface area contributed by atoms with E-state index in [9.17, 15) is 29.1 Å². The van der Waals surface area contributed by atoms with Crippen molar-refractivity contribution in [1.82, 2.24) is 9.88 Å². The van der Waals surface area contributed by atoms with Gasteiger partial charge in [0, 0.05) is 21.7 Å². The van der Waals surface area contributed by atoms with Crippen molar-refractivity contribution in [3.05, 3.63) is 68.1 Å². The molecular weight excluding hydrogens is 667 g/mol. The van der Waals surface area contributed by atoms with E-state index in [2.05, 4.69) is 10.3 Å². The molecule has 2 aliphatic carbocycles. The predicted octanol–water partition coefficient (Wildman–Crippen LogP) is 5.13. The van der Waals surface area contributed by atoms with Gasteiger partial charge in [0.15, 0.2) is 18.1 Å². The quantitative estimate of drug-likeness (QED) is 0.230. The van der Waals surface area contributed by atoms with Crippen molar-refractivity contribution in [2.45, 2.75) is 62.8 Å². The third-order valence-electron chi connectivity index (χ3n) is 10.3. The van der Waals surface area contributed by atoms with E-state index in [1.807, 2.05) is 64.1 Å². The number of nitrogens with one attached hydrogen (secondary N) is 2. The molecule has 3 fully saturated rings. The first-order valence-electron chi connectivity index (χ1n) is 16.7. The van der Waals surface area contributed by atoms with E-state index < -0.39 is 23.8 Å². The van der Waals surface area contributed by atoms with Crippen molar-refractivity contribution in [2.24, 2.45) is 35.5 Å². The molecule has 2 aromatic carbocycles. The fourth-order valence-electron chi connectivity index (χ4n) is 8.65. The Balaban J connectivity index is 1.19. The number of thiazole rings is 1. The fraction of sp³-hybridized carbons (Fsp3) is 0.472. The van der Waals surface area contributed by atoms with E-state index in [1.165, 1.54) is 0 Å². The first-order valence-corrected chi connectivity index (χ1v) is 18.4. The molecular formula is C36H39N3O8S2. The normalized spacial score (nSPS) is 27.1. The number of amides is 3. The van der Waals surface area contributed by atoms with Crippen LogP contribution in [0.2, 0.25) is 0 Å². The number of anilines is 1. The van der Waals surface area contributed by atoms with Crippen LogP contribution in [0.3, 0.4) is 0 Å². The van der Waals surface area contributed by atoms with Crippen LogP contribution in [0, 0.1) is 42.4 Å². The Hall–Kier alpha value is -4.10. The number of thioether (sulfide) groups is 1. The standard InChI is InChI=1S/C36H39N3O8S2/c1-5-46-24-13-18(9-10-23(24)47-15-25(40)37-19-8-6-7-17(4)12-19)26-27-20-14-21(30(27)48-32-31(26)49-36(45)38-32)29-28(20)33(41)39(34(29)42)22(35(43)44)11-16(2)3/h6-10,12-13,16,20-22,26-30H,5,11,14-15H2,1-4H3,(H,37,40)(H,38,45)(H,43,44)/t20?,21?,22?,26-,27?,28?,29?,30?/m1/s1. The minimum Gasteiger partial charge on any atom is -0.490 e. The van der Waals surface area contributed by atoms with Gasteiger partial charge in [-0.3, -0.25) is 24.1 Å². The summed E-state index contributed by atoms with van der Waals surface area (Å²) >= 11 is 2.73. The molecule has 2 saturated carbocycles. The van der Waals surface area contributed by atoms with Gasteiger partial charge in [-0.25, -0.2) is 4.79 Å². The first-order chi connectivity index (χ1) is 23.5. The predicted molar refractivity (Wildman–Crippen MR) is 184 cm³/mol. The molecule has 2 aliphatic heterocycles. The highest BCUT2D eigenvalue weighted by atomic mass is 32.2. The van der Waals surface area contributed by atoms with Gasteiger partial charge in [-0.05, 0) is 85.8 Å². The molecule has 13 heteroatoms. The number of fused-ring (bicyclic) bond motifs is 9. The number of carbonyl (C=O) groups is 4. The van der Waals surface area contributed by atoms with Crippen molar-refractivity contribution >= 4 is 52.5 Å². The largest absolute Gasteiger partial charge is 0.490 e. The molecule has 3 amide bonds. The van der Waals surface area contributed by atoms with Gasteiger partial charge in [0.05, 0.1) is 23.5 Å². The van der Waals surface area contributed by atoms with Gasteiger partial charge in [0.1, 0.15) is 6.04 Å². The monoisotopic (exact) mass is 705 g/mol. The molecule has 0 radical (unpaired) electrons. The Morgan fingerprint density at radius 3 is 2.49 bits per heavy atom. The van der Waals surface area contributed by atoms with Gasteiger partial charge in [0.2, 0.25) is 11.8 Å². The van der Waals surface area contributed by atoms with Crippen molar-refractivity contribution in [2.75, 3.05) is 18.5 Å². The number of aromatic amines is 1. The molecule has 3 N–H and O–H groups in total. The number of nitrogens with zero attached hydrogens (tertiary/aromatic N) is 1. The lowest BCUT2D eigenvalue weighted by Crippen LogP contribution is -2.47. The van der Waals surface area contributed by atoms with Crippen LogP contribution in [0.15, 0.2) is 52.3 Å². The second-order valence-corrected chi connectivity index (χ2v) is 16.0. The van der Waals surface area contributed by atoms with Gasteiger partial charge in [-0.2, -0.15) is 0 Å². The molecule has 11 nitrogen and oxygen atoms in total. The summed E-state index contributed by atoms with van der Waals surface area (Å²) in [5.41, 5.74) is 2.58. The highest BCUT2D eigenvalue weighted by molar-refractivity contribution is 8.00. The minimum atomic E-state index is -1.19. The van der Waals surface area contributed by atoms with Crippen LogP contribution in [0.4, 0.5) is 5.69 Å². The Kier molecular flexibility index (Phi) is 8.85. The number of carboxylic acid groups (broad SMARTS) is 1. The lowest BCUT2D eigenvalue weighted by Gasteiger charge is -2.43. The second kappa shape index (κ2) is 13.0. The number of hydrogen-bond acceptors (Lipinski definition) is 9. The number of likely N-dealkylation sites (tertiary alicyclic amines) is 1. The number of carbonyl (C=O) groups excluding carboxylic acids is 3. The Morgan fingerprint density at radius 2 is 1.80 bits per heavy atom. The maximum Gasteiger partial charge on any atom is 0.326 e. The summed E-state index contributed by atoms with van der Waals surface area (Å²) < 4.78 is 11.9. The van der Waals surface area contributed by atoms with Crippen LogP contribution in [0.1, 0.15) is 55.5 Å². The maximum absolute atomic E-state index is 14.0. The highest BCUT2D eigenvalue weighted by Gasteiger charge is 2.70. The second-order valence-electron chi connectivity index (χ2n) is 13.8. The lowest BCUT2D eigenvalue weighted by molar-refractivity contribution is -0.156. The lowest BCUT2D eigenvalue weighted by atomic mass is 9.68. The summed E-state index contributed by atoms with van der Waals surface area (Å²) in [4.78, 5) is 70.4. The van der Waals surface area contributed by atoms with E-state index in [0.717, 1.165) is 37.3 Å². The highest BCUT2D eigenvalue weighted by Crippen LogP contribution is 2.68. The Labute approximate surface area is 291 Å². The average Bonchev–Trinajstić information content (AvgIpc) is 3.78. The van der Waals surface area contributed by atoms with Gasteiger partial charge in [-0.15, -0.1) is 11.8 Å². The maximum atomic E-state index is 14.0. The molecule has 4 aliphatic rings. The van der Waals surface area contributed by atoms with E-state index in [0.29, 0.717) is 30.2 Å². The molecule has 8 atom stereocenters. The van der Waals surface area contributed by atoms with Gasteiger partial charge in [0.25, 0.3) is 5.91 Å². The Morgan fingerprint density at radius 1 is 1.04 bits per heavy atom. The van der Waals surface area contributed by atoms with Crippen LogP contribution < -0.4 is 19.7 Å². The smallest absolute Gasteiger partial charge is 0.326 e. The third kappa shape index (κ3) is 5.84. The number of carboxylic acids is 1. The summed E-state index contributed by atoms with van der Waals surface area (Å²) in [6, 6.07) is 11.9. The fourth-order valence-corrected chi connectivity index (χ4v) is 11.5. The van der Waals surface area contributed by atoms with Crippen LogP contribution in [-0.2, 0) is 19.2 Å². The van der Waals surface area contributed by atoms with Crippen molar-refractivity contribution in [1.29, 1.82) is 0 Å². The summed E-state index contributed by atoms with van der Waals surface area (Å²) in [6.45, 7) is 7.70. The summed E-state index contributed by atoms with van der Waals surface area (Å²) in [7, 11) is 0. The molecule has 0 spiro atoms. The SMILES string of the molecule is CCOc1cc([C@H]2c3sc(=O)[nH]c3SC3C4CC(C5C(=O)N(C(CC(C)C)C(=O)O)C(=O)C45)C32)ccc1OCC(=O)Nc1cccc(C)c1. The number of aryl methyl sites for hydroxylation is 1. The summed E-state index contributed by atoms with van der Waals surface area (Å²) in [5, 5.41) is 13.6. The molecule has 3 aromatic rings. The number of imide groups is 1. The number of aliphatic carboxylic acids is 1. The van der Waals surface area contributed by atoms with Crippen LogP contribution in [0.25, 0.3) is 0 Å². The van der Waals surface area contributed by atoms with Gasteiger partial charge >= 0.3 is 10.8 Å². The van der Waals surface area contributed by atoms with Crippen LogP contribution >= 0.6 is 23.1 Å². The zero-order valence-electron chi connectivity index (χ0n) is 27.6. The van der Waals surface area contributed by atoms with Crippen LogP contribution in [0.5, 0.6) is 11.5 Å². The van der Waals surface area contributed by atoms with E-state index >= 15 is 0 Å².